The van der Waals surface area contributed by atoms with E-state index in [1.165, 1.54) is 19.1 Å². The number of amides is 1. The SMILES string of the molecule is CC(=O)Nc1ccc(C(=O)O)cc1OC[C@H](CN1CCC2(CC1)Cc1cc(Cl)ccc1O2)OC(=O)C(F)(F)F. The standard InChI is InChI=1S/C26H26ClF3N2O7/c1-15(33)31-20-4-2-16(23(34)35)11-22(20)37-14-19(38-24(36)26(28,29)30)13-32-8-6-25(7-9-32)12-17-10-18(27)3-5-21(17)39-25/h2-5,10-11,19H,6-9,12-14H2,1H3,(H,31,33)(H,34,35)/t19-/m0/s1. The van der Waals surface area contributed by atoms with Gasteiger partial charge in [-0.15, -0.1) is 0 Å². The quantitative estimate of drug-likeness (QED) is 0.451. The molecule has 2 aliphatic heterocycles. The lowest BCUT2D eigenvalue weighted by molar-refractivity contribution is -0.206. The lowest BCUT2D eigenvalue weighted by Crippen LogP contribution is -2.50. The van der Waals surface area contributed by atoms with E-state index >= 15 is 0 Å². The molecule has 2 aliphatic rings. The van der Waals surface area contributed by atoms with E-state index in [1.54, 1.807) is 6.07 Å². The van der Waals surface area contributed by atoms with Crippen LogP contribution in [-0.2, 0) is 20.7 Å². The van der Waals surface area contributed by atoms with Gasteiger partial charge in [-0.05, 0) is 42.0 Å². The number of carbonyl (C=O) groups excluding carboxylic acids is 2. The molecule has 210 valence electrons. The summed E-state index contributed by atoms with van der Waals surface area (Å²) in [6, 6.07) is 9.09. The molecule has 2 aromatic rings. The van der Waals surface area contributed by atoms with Crippen molar-refractivity contribution in [2.45, 2.75) is 44.1 Å². The van der Waals surface area contributed by atoms with Crippen molar-refractivity contribution in [1.82, 2.24) is 4.90 Å². The van der Waals surface area contributed by atoms with E-state index in [0.717, 1.165) is 17.4 Å². The zero-order chi connectivity index (χ0) is 28.4. The molecule has 0 aliphatic carbocycles. The number of carbonyl (C=O) groups is 3. The van der Waals surface area contributed by atoms with Gasteiger partial charge in [-0.3, -0.25) is 9.69 Å². The first-order chi connectivity index (χ1) is 18.3. The molecule has 0 saturated carbocycles. The van der Waals surface area contributed by atoms with Crippen LogP contribution in [0.5, 0.6) is 11.5 Å². The van der Waals surface area contributed by atoms with Gasteiger partial charge in [-0.25, -0.2) is 9.59 Å². The molecule has 2 aromatic carbocycles. The molecule has 2 N–H and O–H groups in total. The number of alkyl halides is 3. The molecule has 0 radical (unpaired) electrons. The van der Waals surface area contributed by atoms with E-state index in [2.05, 4.69) is 5.32 Å². The first-order valence-electron chi connectivity index (χ1n) is 12.1. The van der Waals surface area contributed by atoms with Gasteiger partial charge in [-0.1, -0.05) is 11.6 Å². The van der Waals surface area contributed by atoms with Crippen molar-refractivity contribution < 1.29 is 46.9 Å². The van der Waals surface area contributed by atoms with Crippen LogP contribution in [0.25, 0.3) is 0 Å². The predicted octanol–water partition coefficient (Wildman–Crippen LogP) is 4.32. The number of nitrogens with zero attached hydrogens (tertiary/aromatic N) is 1. The zero-order valence-electron chi connectivity index (χ0n) is 20.8. The number of nitrogens with one attached hydrogen (secondary N) is 1. The molecule has 1 saturated heterocycles. The average Bonchev–Trinajstić information content (AvgIpc) is 3.20. The van der Waals surface area contributed by atoms with Gasteiger partial charge in [0.15, 0.2) is 0 Å². The summed E-state index contributed by atoms with van der Waals surface area (Å²) in [5.41, 5.74) is 0.511. The number of hydrogen-bond donors (Lipinski definition) is 2. The highest BCUT2D eigenvalue weighted by atomic mass is 35.5. The molecule has 9 nitrogen and oxygen atoms in total. The van der Waals surface area contributed by atoms with Crippen molar-refractivity contribution in [2.24, 2.45) is 0 Å². The van der Waals surface area contributed by atoms with Gasteiger partial charge in [0.25, 0.3) is 0 Å². The first kappa shape index (κ1) is 28.5. The van der Waals surface area contributed by atoms with Gasteiger partial charge in [0, 0.05) is 50.8 Å². The van der Waals surface area contributed by atoms with E-state index in [0.29, 0.717) is 37.4 Å². The van der Waals surface area contributed by atoms with Crippen molar-refractivity contribution >= 4 is 35.1 Å². The van der Waals surface area contributed by atoms with Crippen LogP contribution in [0.4, 0.5) is 18.9 Å². The molecule has 0 bridgehead atoms. The number of benzene rings is 2. The Morgan fingerprint density at radius 2 is 1.90 bits per heavy atom. The van der Waals surface area contributed by atoms with Gasteiger partial charge in [-0.2, -0.15) is 13.2 Å². The molecular weight excluding hydrogens is 545 g/mol. The Morgan fingerprint density at radius 1 is 1.18 bits per heavy atom. The maximum absolute atomic E-state index is 13.0. The van der Waals surface area contributed by atoms with E-state index in [1.807, 2.05) is 17.0 Å². The van der Waals surface area contributed by atoms with Crippen LogP contribution in [0, 0.1) is 0 Å². The third-order valence-corrected chi connectivity index (χ3v) is 6.79. The topological polar surface area (TPSA) is 114 Å². The fourth-order valence-electron chi connectivity index (χ4n) is 4.70. The number of fused-ring (bicyclic) bond motifs is 1. The van der Waals surface area contributed by atoms with E-state index in [9.17, 15) is 32.7 Å². The lowest BCUT2D eigenvalue weighted by Gasteiger charge is -2.39. The predicted molar refractivity (Wildman–Crippen MR) is 133 cm³/mol. The Kier molecular flexibility index (Phi) is 8.26. The summed E-state index contributed by atoms with van der Waals surface area (Å²) in [7, 11) is 0. The molecule has 0 aromatic heterocycles. The average molecular weight is 571 g/mol. The fraction of sp³-hybridized carbons (Fsp3) is 0.423. The van der Waals surface area contributed by atoms with Gasteiger partial charge in [0.1, 0.15) is 29.8 Å². The number of anilines is 1. The maximum atomic E-state index is 13.0. The lowest BCUT2D eigenvalue weighted by atomic mass is 9.87. The van der Waals surface area contributed by atoms with Gasteiger partial charge < -0.3 is 24.6 Å². The summed E-state index contributed by atoms with van der Waals surface area (Å²) in [5, 5.41) is 12.4. The number of aromatic carboxylic acids is 1. The van der Waals surface area contributed by atoms with Crippen molar-refractivity contribution in [3.05, 3.63) is 52.5 Å². The summed E-state index contributed by atoms with van der Waals surface area (Å²) in [5.74, 6) is -3.43. The van der Waals surface area contributed by atoms with Crippen LogP contribution in [0.2, 0.25) is 5.02 Å². The number of esters is 1. The number of rotatable bonds is 8. The van der Waals surface area contributed by atoms with Gasteiger partial charge >= 0.3 is 18.1 Å². The fourth-order valence-corrected chi connectivity index (χ4v) is 4.90. The minimum absolute atomic E-state index is 0.0647. The molecule has 1 spiro atoms. The number of carboxylic acids is 1. The van der Waals surface area contributed by atoms with Crippen molar-refractivity contribution in [2.75, 3.05) is 31.6 Å². The minimum atomic E-state index is -5.21. The number of ether oxygens (including phenoxy) is 3. The van der Waals surface area contributed by atoms with Crippen molar-refractivity contribution in [3.8, 4) is 11.5 Å². The normalized spacial score (nSPS) is 17.2. The number of carboxylic acid groups (broad SMARTS) is 1. The molecule has 0 unspecified atom stereocenters. The van der Waals surface area contributed by atoms with Crippen LogP contribution in [-0.4, -0.2) is 72.0 Å². The zero-order valence-corrected chi connectivity index (χ0v) is 21.6. The molecule has 1 fully saturated rings. The molecule has 4 rings (SSSR count). The van der Waals surface area contributed by atoms with Gasteiger partial charge in [0.05, 0.1) is 11.3 Å². The number of halogens is 4. The van der Waals surface area contributed by atoms with E-state index < -0.39 is 42.3 Å². The first-order valence-corrected chi connectivity index (χ1v) is 12.5. The van der Waals surface area contributed by atoms with Crippen molar-refractivity contribution in [3.63, 3.8) is 0 Å². The number of likely N-dealkylation sites (tertiary alicyclic amines) is 1. The molecular formula is C26H26ClF3N2O7. The Bertz CT molecular complexity index is 1260. The third-order valence-electron chi connectivity index (χ3n) is 6.56. The third kappa shape index (κ3) is 7.12. The Balaban J connectivity index is 1.44. The second-order valence-electron chi connectivity index (χ2n) is 9.55. The van der Waals surface area contributed by atoms with Crippen LogP contribution in [0.1, 0.15) is 35.7 Å². The van der Waals surface area contributed by atoms with Crippen molar-refractivity contribution in [1.29, 1.82) is 0 Å². The summed E-state index contributed by atoms with van der Waals surface area (Å²) < 4.78 is 55.5. The van der Waals surface area contributed by atoms with E-state index in [-0.39, 0.29) is 23.5 Å². The monoisotopic (exact) mass is 570 g/mol. The van der Waals surface area contributed by atoms with E-state index in [4.69, 9.17) is 25.8 Å². The largest absolute Gasteiger partial charge is 0.490 e. The molecule has 1 amide bonds. The Morgan fingerprint density at radius 3 is 2.54 bits per heavy atom. The molecule has 2 heterocycles. The number of piperidine rings is 1. The molecule has 39 heavy (non-hydrogen) atoms. The highest BCUT2D eigenvalue weighted by Gasteiger charge is 2.44. The smallest absolute Gasteiger partial charge is 0.487 e. The van der Waals surface area contributed by atoms with Gasteiger partial charge in [0.2, 0.25) is 5.91 Å². The number of hydrogen-bond acceptors (Lipinski definition) is 7. The van der Waals surface area contributed by atoms with Crippen LogP contribution >= 0.6 is 11.6 Å². The summed E-state index contributed by atoms with van der Waals surface area (Å²) in [6.07, 6.45) is -4.70. The maximum Gasteiger partial charge on any atom is 0.490 e. The van der Waals surface area contributed by atoms with Crippen LogP contribution in [0.15, 0.2) is 36.4 Å². The summed E-state index contributed by atoms with van der Waals surface area (Å²) in [4.78, 5) is 36.4. The Labute approximate surface area is 226 Å². The highest BCUT2D eigenvalue weighted by molar-refractivity contribution is 6.30. The Hall–Kier alpha value is -3.51. The second-order valence-corrected chi connectivity index (χ2v) is 9.98. The van der Waals surface area contributed by atoms with Crippen LogP contribution < -0.4 is 14.8 Å². The molecule has 1 atom stereocenters. The second kappa shape index (κ2) is 11.3. The summed E-state index contributed by atoms with van der Waals surface area (Å²) in [6.45, 7) is 1.58. The van der Waals surface area contributed by atoms with Crippen LogP contribution in [0.3, 0.4) is 0 Å². The highest BCUT2D eigenvalue weighted by Crippen LogP contribution is 2.42. The summed E-state index contributed by atoms with van der Waals surface area (Å²) >= 11 is 6.09. The minimum Gasteiger partial charge on any atom is -0.487 e. The molecule has 13 heteroatoms.